The number of aryl methyl sites for hydroxylation is 1. The quantitative estimate of drug-likeness (QED) is 0.622. The Kier molecular flexibility index (Phi) is 5.77. The van der Waals surface area contributed by atoms with Crippen molar-refractivity contribution in [3.8, 4) is 5.82 Å². The number of nitrogens with zero attached hydrogens (tertiary/aromatic N) is 7. The minimum Gasteiger partial charge on any atom is -0.378 e. The summed E-state index contributed by atoms with van der Waals surface area (Å²) in [6.45, 7) is 8.21. The van der Waals surface area contributed by atoms with Crippen molar-refractivity contribution in [1.29, 1.82) is 0 Å². The molecule has 1 aromatic carbocycles. The molecule has 5 rings (SSSR count). The highest BCUT2D eigenvalue weighted by Gasteiger charge is 2.29. The van der Waals surface area contributed by atoms with E-state index in [1.54, 1.807) is 29.6 Å². The van der Waals surface area contributed by atoms with E-state index in [9.17, 15) is 0 Å². The van der Waals surface area contributed by atoms with Crippen LogP contribution in [0.25, 0.3) is 5.82 Å². The number of benzene rings is 1. The van der Waals surface area contributed by atoms with Crippen molar-refractivity contribution >= 4 is 17.3 Å². The fraction of sp³-hybridized carbons (Fsp3) is 0.455. The minimum absolute atomic E-state index is 0. The van der Waals surface area contributed by atoms with E-state index in [1.807, 2.05) is 0 Å². The van der Waals surface area contributed by atoms with Gasteiger partial charge in [-0.05, 0) is 30.2 Å². The van der Waals surface area contributed by atoms with Crippen molar-refractivity contribution in [2.45, 2.75) is 25.8 Å². The molecule has 0 radical (unpaired) electrons. The first-order chi connectivity index (χ1) is 15.3. The van der Waals surface area contributed by atoms with Crippen molar-refractivity contribution < 1.29 is 6.16 Å². The topological polar surface area (TPSA) is 84.2 Å². The Bertz CT molecular complexity index is 1000. The summed E-state index contributed by atoms with van der Waals surface area (Å²) in [7, 11) is 0. The zero-order valence-corrected chi connectivity index (χ0v) is 17.8. The highest BCUT2D eigenvalue weighted by molar-refractivity contribution is 5.64. The van der Waals surface area contributed by atoms with Crippen molar-refractivity contribution in [3.05, 3.63) is 48.7 Å². The lowest BCUT2D eigenvalue weighted by Crippen LogP contribution is -2.56. The maximum atomic E-state index is 5.36. The Morgan fingerprint density at radius 1 is 1.10 bits per heavy atom. The van der Waals surface area contributed by atoms with Gasteiger partial charge in [-0.25, -0.2) is 4.98 Å². The van der Waals surface area contributed by atoms with Gasteiger partial charge in [-0.3, -0.25) is 9.88 Å². The molecular weight excluding hydrogens is 392 g/mol. The SMILES string of the molecule is CCCc1cc(Nc2ncn(-c3cnccn3)n2)cc(N2CCN(C3COC3)CC2)c1.[HH]. The molecule has 9 nitrogen and oxygen atoms in total. The molecular formula is C22H30N8O. The Balaban J connectivity index is 0.00000245. The normalized spacial score (nSPS) is 17.5. The maximum absolute atomic E-state index is 5.36. The van der Waals surface area contributed by atoms with Crippen LogP contribution >= 0.6 is 0 Å². The van der Waals surface area contributed by atoms with Crippen LogP contribution in [-0.2, 0) is 11.2 Å². The van der Waals surface area contributed by atoms with E-state index in [0.717, 1.165) is 57.9 Å². The van der Waals surface area contributed by atoms with Gasteiger partial charge in [0.2, 0.25) is 5.95 Å². The third kappa shape index (κ3) is 4.52. The van der Waals surface area contributed by atoms with Gasteiger partial charge in [0, 0.05) is 51.4 Å². The highest BCUT2D eigenvalue weighted by Crippen LogP contribution is 2.27. The summed E-state index contributed by atoms with van der Waals surface area (Å²) in [6.07, 6.45) is 8.74. The van der Waals surface area contributed by atoms with E-state index >= 15 is 0 Å². The summed E-state index contributed by atoms with van der Waals surface area (Å²) in [5.41, 5.74) is 3.59. The van der Waals surface area contributed by atoms with E-state index in [4.69, 9.17) is 4.74 Å². The maximum Gasteiger partial charge on any atom is 0.247 e. The van der Waals surface area contributed by atoms with Gasteiger partial charge in [-0.15, -0.1) is 5.10 Å². The molecule has 2 saturated heterocycles. The van der Waals surface area contributed by atoms with Crippen molar-refractivity contribution in [1.82, 2.24) is 29.6 Å². The van der Waals surface area contributed by atoms with Crippen LogP contribution in [0.5, 0.6) is 0 Å². The average molecular weight is 423 g/mol. The molecule has 9 heteroatoms. The molecule has 1 N–H and O–H groups in total. The number of ether oxygens (including phenoxy) is 1. The number of piperazine rings is 1. The van der Waals surface area contributed by atoms with Gasteiger partial charge in [0.1, 0.15) is 6.33 Å². The first kappa shape index (κ1) is 19.9. The van der Waals surface area contributed by atoms with Gasteiger partial charge in [0.25, 0.3) is 0 Å². The second kappa shape index (κ2) is 8.99. The van der Waals surface area contributed by atoms with Crippen LogP contribution in [0.2, 0.25) is 0 Å². The molecule has 0 unspecified atom stereocenters. The molecule has 0 bridgehead atoms. The van der Waals surface area contributed by atoms with Crippen molar-refractivity contribution in [2.24, 2.45) is 0 Å². The van der Waals surface area contributed by atoms with Crippen molar-refractivity contribution in [3.63, 3.8) is 0 Å². The number of rotatable bonds is 7. The molecule has 2 aromatic heterocycles. The fourth-order valence-corrected chi connectivity index (χ4v) is 4.11. The van der Waals surface area contributed by atoms with E-state index in [-0.39, 0.29) is 1.43 Å². The predicted molar refractivity (Wildman–Crippen MR) is 121 cm³/mol. The zero-order chi connectivity index (χ0) is 21.0. The molecule has 31 heavy (non-hydrogen) atoms. The summed E-state index contributed by atoms with van der Waals surface area (Å²) in [6, 6.07) is 7.33. The Morgan fingerprint density at radius 3 is 2.68 bits per heavy atom. The Hall–Kier alpha value is -3.04. The summed E-state index contributed by atoms with van der Waals surface area (Å²) in [4.78, 5) is 17.8. The standard InChI is InChI=1S/C22H28N8O.H2/c1-2-3-17-10-18(26-22-25-16-30(27-22)21-13-23-4-5-24-21)12-19(11-17)28-6-8-29(9-7-28)20-14-31-15-20;/h4-5,10-13,16,20H,2-3,6-9,14-15H2,1H3,(H,26,27);1H. The van der Waals surface area contributed by atoms with Crippen LogP contribution in [0.15, 0.2) is 43.1 Å². The van der Waals surface area contributed by atoms with Gasteiger partial charge in [0.05, 0.1) is 25.5 Å². The van der Waals surface area contributed by atoms with Crippen LogP contribution in [0, 0.1) is 0 Å². The predicted octanol–water partition coefficient (Wildman–Crippen LogP) is 2.52. The Morgan fingerprint density at radius 2 is 1.97 bits per heavy atom. The van der Waals surface area contributed by atoms with Gasteiger partial charge >= 0.3 is 0 Å². The third-order valence-electron chi connectivity index (χ3n) is 5.86. The monoisotopic (exact) mass is 422 g/mol. The summed E-state index contributed by atoms with van der Waals surface area (Å²) in [5, 5.41) is 7.87. The molecule has 0 atom stereocenters. The lowest BCUT2D eigenvalue weighted by molar-refractivity contribution is -0.0660. The largest absolute Gasteiger partial charge is 0.378 e. The summed E-state index contributed by atoms with van der Waals surface area (Å²) < 4.78 is 6.98. The first-order valence-electron chi connectivity index (χ1n) is 10.9. The van der Waals surface area contributed by atoms with Crippen LogP contribution in [0.4, 0.5) is 17.3 Å². The molecule has 164 valence electrons. The average Bonchev–Trinajstić information content (AvgIpc) is 3.22. The smallest absolute Gasteiger partial charge is 0.247 e. The van der Waals surface area contributed by atoms with Crippen LogP contribution in [-0.4, -0.2) is 75.1 Å². The number of hydrogen-bond donors (Lipinski definition) is 1. The van der Waals surface area contributed by atoms with Crippen molar-refractivity contribution in [2.75, 3.05) is 49.6 Å². The molecule has 0 saturated carbocycles. The van der Waals surface area contributed by atoms with E-state index in [2.05, 4.69) is 60.3 Å². The molecule has 0 amide bonds. The molecule has 3 aromatic rings. The van der Waals surface area contributed by atoms with Gasteiger partial charge in [0.15, 0.2) is 5.82 Å². The number of hydrogen-bond acceptors (Lipinski definition) is 8. The van der Waals surface area contributed by atoms with Crippen LogP contribution in [0.3, 0.4) is 0 Å². The van der Waals surface area contributed by atoms with E-state index in [1.165, 1.54) is 11.3 Å². The van der Waals surface area contributed by atoms with Gasteiger partial charge < -0.3 is 15.0 Å². The lowest BCUT2D eigenvalue weighted by atomic mass is 10.1. The molecule has 2 fully saturated rings. The number of aromatic nitrogens is 5. The fourth-order valence-electron chi connectivity index (χ4n) is 4.11. The molecule has 2 aliphatic rings. The van der Waals surface area contributed by atoms with Crippen LogP contribution in [0.1, 0.15) is 20.3 Å². The molecule has 4 heterocycles. The second-order valence-electron chi connectivity index (χ2n) is 8.05. The van der Waals surface area contributed by atoms with E-state index < -0.39 is 0 Å². The lowest BCUT2D eigenvalue weighted by Gasteiger charge is -2.43. The molecule has 2 aliphatic heterocycles. The zero-order valence-electron chi connectivity index (χ0n) is 17.8. The highest BCUT2D eigenvalue weighted by atomic mass is 16.5. The summed E-state index contributed by atoms with van der Waals surface area (Å²) >= 11 is 0. The third-order valence-corrected chi connectivity index (χ3v) is 5.86. The number of nitrogens with one attached hydrogen (secondary N) is 1. The van der Waals surface area contributed by atoms with E-state index in [0.29, 0.717) is 17.8 Å². The van der Waals surface area contributed by atoms with Crippen LogP contribution < -0.4 is 10.2 Å². The summed E-state index contributed by atoms with van der Waals surface area (Å²) in [5.74, 6) is 1.18. The molecule has 0 spiro atoms. The first-order valence-corrected chi connectivity index (χ1v) is 10.9. The molecule has 0 aliphatic carbocycles. The Labute approximate surface area is 183 Å². The van der Waals surface area contributed by atoms with Gasteiger partial charge in [-0.2, -0.15) is 9.67 Å². The van der Waals surface area contributed by atoms with Gasteiger partial charge in [-0.1, -0.05) is 13.3 Å². The number of anilines is 3. The minimum atomic E-state index is 0. The second-order valence-corrected chi connectivity index (χ2v) is 8.05.